The number of fused-ring (bicyclic) bond motifs is 1. The van der Waals surface area contributed by atoms with Crippen molar-refractivity contribution in [2.75, 3.05) is 26.7 Å². The summed E-state index contributed by atoms with van der Waals surface area (Å²) in [6.45, 7) is 8.25. The zero-order chi connectivity index (χ0) is 19.1. The minimum atomic E-state index is 0.512. The van der Waals surface area contributed by atoms with Crippen LogP contribution in [0.3, 0.4) is 0 Å². The smallest absolute Gasteiger partial charge is 0.191 e. The fraction of sp³-hybridized carbons (Fsp3) is 0.524. The number of benzene rings is 1. The lowest BCUT2D eigenvalue weighted by atomic mass is 9.98. The molecule has 2 N–H and O–H groups in total. The Balaban J connectivity index is 1.46. The summed E-state index contributed by atoms with van der Waals surface area (Å²) in [6.07, 6.45) is 3.20. The fourth-order valence-corrected chi connectivity index (χ4v) is 4.28. The first-order chi connectivity index (χ1) is 13.2. The van der Waals surface area contributed by atoms with E-state index in [9.17, 15) is 0 Å². The van der Waals surface area contributed by atoms with Crippen LogP contribution in [-0.2, 0) is 19.4 Å². The summed E-state index contributed by atoms with van der Waals surface area (Å²) >= 11 is 1.71. The molecular weight excluding hydrogens is 354 g/mol. The minimum absolute atomic E-state index is 0.512. The third kappa shape index (κ3) is 5.53. The van der Waals surface area contributed by atoms with Crippen molar-refractivity contribution in [3.8, 4) is 0 Å². The number of guanidine groups is 1. The van der Waals surface area contributed by atoms with Crippen molar-refractivity contribution in [1.29, 1.82) is 0 Å². The Kier molecular flexibility index (Phi) is 7.24. The maximum atomic E-state index is 4.51. The largest absolute Gasteiger partial charge is 0.356 e. The van der Waals surface area contributed by atoms with Crippen molar-refractivity contribution in [2.24, 2.45) is 4.99 Å². The van der Waals surface area contributed by atoms with E-state index in [1.54, 1.807) is 11.3 Å². The van der Waals surface area contributed by atoms with Crippen LogP contribution in [0.5, 0.6) is 0 Å². The molecular formula is C21H31N5S. The van der Waals surface area contributed by atoms with Crippen LogP contribution in [0.25, 0.3) is 0 Å². The summed E-state index contributed by atoms with van der Waals surface area (Å²) < 4.78 is 0. The molecule has 0 radical (unpaired) electrons. The molecule has 1 aromatic heterocycles. The summed E-state index contributed by atoms with van der Waals surface area (Å²) in [6, 6.07) is 9.34. The summed E-state index contributed by atoms with van der Waals surface area (Å²) in [4.78, 5) is 11.5. The van der Waals surface area contributed by atoms with Gasteiger partial charge in [-0.25, -0.2) is 4.98 Å². The molecule has 6 heteroatoms. The molecule has 1 aliphatic rings. The topological polar surface area (TPSA) is 52.6 Å². The van der Waals surface area contributed by atoms with Crippen LogP contribution in [0.15, 0.2) is 34.6 Å². The van der Waals surface area contributed by atoms with Crippen molar-refractivity contribution in [3.63, 3.8) is 0 Å². The van der Waals surface area contributed by atoms with Gasteiger partial charge < -0.3 is 10.6 Å². The van der Waals surface area contributed by atoms with E-state index < -0.39 is 0 Å². The Morgan fingerprint density at radius 1 is 1.30 bits per heavy atom. The number of thiazole rings is 1. The van der Waals surface area contributed by atoms with E-state index >= 15 is 0 Å². The molecule has 0 aliphatic carbocycles. The molecule has 5 nitrogen and oxygen atoms in total. The Hall–Kier alpha value is -1.92. The van der Waals surface area contributed by atoms with Crippen LogP contribution in [0.1, 0.15) is 35.2 Å². The highest BCUT2D eigenvalue weighted by Crippen LogP contribution is 2.21. The van der Waals surface area contributed by atoms with Gasteiger partial charge in [-0.2, -0.15) is 0 Å². The van der Waals surface area contributed by atoms with Gasteiger partial charge in [-0.05, 0) is 30.9 Å². The second kappa shape index (κ2) is 9.85. The summed E-state index contributed by atoms with van der Waals surface area (Å²) in [5.41, 5.74) is 4.13. The lowest BCUT2D eigenvalue weighted by Gasteiger charge is -2.35. The second-order valence-electron chi connectivity index (χ2n) is 7.04. The highest BCUT2D eigenvalue weighted by Gasteiger charge is 2.22. The highest BCUT2D eigenvalue weighted by atomic mass is 32.1. The van der Waals surface area contributed by atoms with Gasteiger partial charge in [-0.1, -0.05) is 31.2 Å². The van der Waals surface area contributed by atoms with E-state index in [0.29, 0.717) is 6.04 Å². The Labute approximate surface area is 166 Å². The molecule has 1 unspecified atom stereocenters. The number of nitrogens with zero attached hydrogens (tertiary/aromatic N) is 3. The summed E-state index contributed by atoms with van der Waals surface area (Å²) in [7, 11) is 1.83. The number of nitrogens with one attached hydrogen (secondary N) is 2. The van der Waals surface area contributed by atoms with Crippen LogP contribution < -0.4 is 10.6 Å². The first-order valence-corrected chi connectivity index (χ1v) is 10.7. The molecule has 27 heavy (non-hydrogen) atoms. The molecule has 0 saturated heterocycles. The number of rotatable bonds is 7. The van der Waals surface area contributed by atoms with Gasteiger partial charge in [0, 0.05) is 51.1 Å². The monoisotopic (exact) mass is 385 g/mol. The van der Waals surface area contributed by atoms with Crippen LogP contribution in [0.4, 0.5) is 0 Å². The quantitative estimate of drug-likeness (QED) is 0.568. The Bertz CT molecular complexity index is 755. The highest BCUT2D eigenvalue weighted by molar-refractivity contribution is 7.09. The van der Waals surface area contributed by atoms with E-state index in [2.05, 4.69) is 62.1 Å². The molecule has 2 heterocycles. The van der Waals surface area contributed by atoms with Crippen LogP contribution in [-0.4, -0.2) is 48.6 Å². The number of aliphatic imine (C=N–C) groups is 1. The average molecular weight is 386 g/mol. The Morgan fingerprint density at radius 3 is 2.81 bits per heavy atom. The molecule has 0 bridgehead atoms. The normalized spacial score (nSPS) is 16.0. The van der Waals surface area contributed by atoms with Crippen molar-refractivity contribution < 1.29 is 0 Å². The maximum Gasteiger partial charge on any atom is 0.191 e. The van der Waals surface area contributed by atoms with Crippen LogP contribution >= 0.6 is 11.3 Å². The molecule has 1 atom stereocenters. The lowest BCUT2D eigenvalue weighted by molar-refractivity contribution is 0.174. The van der Waals surface area contributed by atoms with Crippen LogP contribution in [0.2, 0.25) is 0 Å². The molecule has 146 valence electrons. The van der Waals surface area contributed by atoms with Gasteiger partial charge in [-0.15, -0.1) is 11.3 Å². The van der Waals surface area contributed by atoms with Crippen molar-refractivity contribution >= 4 is 17.3 Å². The summed E-state index contributed by atoms with van der Waals surface area (Å²) in [5, 5.41) is 10.2. The van der Waals surface area contributed by atoms with Gasteiger partial charge in [0.1, 0.15) is 0 Å². The average Bonchev–Trinajstić information content (AvgIpc) is 3.12. The fourth-order valence-electron chi connectivity index (χ4n) is 3.63. The van der Waals surface area contributed by atoms with E-state index in [0.717, 1.165) is 62.1 Å². The van der Waals surface area contributed by atoms with Crippen molar-refractivity contribution in [2.45, 2.75) is 45.7 Å². The van der Waals surface area contributed by atoms with Gasteiger partial charge in [0.05, 0.1) is 10.7 Å². The molecule has 2 aromatic rings. The summed E-state index contributed by atoms with van der Waals surface area (Å²) in [5.74, 6) is 0.873. The predicted molar refractivity (Wildman–Crippen MR) is 115 cm³/mol. The zero-order valence-corrected chi connectivity index (χ0v) is 17.5. The first kappa shape index (κ1) is 19.8. The zero-order valence-electron chi connectivity index (χ0n) is 16.7. The van der Waals surface area contributed by atoms with Crippen molar-refractivity contribution in [1.82, 2.24) is 20.5 Å². The van der Waals surface area contributed by atoms with Crippen molar-refractivity contribution in [3.05, 3.63) is 51.5 Å². The van der Waals surface area contributed by atoms with Gasteiger partial charge >= 0.3 is 0 Å². The molecule has 0 fully saturated rings. The standard InChI is InChI=1S/C21H31N5S/c1-4-20(26-12-10-17-7-5-6-8-18(17)14-26)13-24-21(22-3)23-11-9-19-15-27-16(2)25-19/h5-8,15,20H,4,9-14H2,1-3H3,(H2,22,23,24). The molecule has 1 aromatic carbocycles. The number of aromatic nitrogens is 1. The maximum absolute atomic E-state index is 4.51. The molecule has 0 saturated carbocycles. The third-order valence-electron chi connectivity index (χ3n) is 5.22. The molecule has 1 aliphatic heterocycles. The predicted octanol–water partition coefficient (Wildman–Crippen LogP) is 3.00. The molecule has 3 rings (SSSR count). The first-order valence-electron chi connectivity index (χ1n) is 9.86. The van der Waals surface area contributed by atoms with Crippen LogP contribution in [0, 0.1) is 6.92 Å². The lowest BCUT2D eigenvalue weighted by Crippen LogP contribution is -2.48. The number of hydrogen-bond acceptors (Lipinski definition) is 4. The molecule has 0 amide bonds. The Morgan fingerprint density at radius 2 is 2.11 bits per heavy atom. The number of aryl methyl sites for hydroxylation is 1. The van der Waals surface area contributed by atoms with Gasteiger partial charge in [0.2, 0.25) is 0 Å². The van der Waals surface area contributed by atoms with E-state index in [4.69, 9.17) is 0 Å². The second-order valence-corrected chi connectivity index (χ2v) is 8.10. The van der Waals surface area contributed by atoms with E-state index in [1.807, 2.05) is 14.0 Å². The minimum Gasteiger partial charge on any atom is -0.356 e. The van der Waals surface area contributed by atoms with E-state index in [-0.39, 0.29) is 0 Å². The van der Waals surface area contributed by atoms with Gasteiger partial charge in [0.25, 0.3) is 0 Å². The third-order valence-corrected chi connectivity index (χ3v) is 6.04. The van der Waals surface area contributed by atoms with Gasteiger partial charge in [-0.3, -0.25) is 9.89 Å². The van der Waals surface area contributed by atoms with Gasteiger partial charge in [0.15, 0.2) is 5.96 Å². The molecule has 0 spiro atoms. The SMILES string of the molecule is CCC(CNC(=NC)NCCc1csc(C)n1)N1CCc2ccccc2C1. The number of hydrogen-bond donors (Lipinski definition) is 2. The van der Waals surface area contributed by atoms with E-state index in [1.165, 1.54) is 11.1 Å².